The van der Waals surface area contributed by atoms with Crippen molar-refractivity contribution in [3.63, 3.8) is 0 Å². The van der Waals surface area contributed by atoms with Gasteiger partial charge in [0.15, 0.2) is 0 Å². The van der Waals surface area contributed by atoms with Gasteiger partial charge in [-0.15, -0.1) is 0 Å². The van der Waals surface area contributed by atoms with Crippen molar-refractivity contribution in [3.05, 3.63) is 34.3 Å². The van der Waals surface area contributed by atoms with Crippen LogP contribution in [0.4, 0.5) is 0 Å². The molecule has 0 radical (unpaired) electrons. The Hall–Kier alpha value is -0.870. The summed E-state index contributed by atoms with van der Waals surface area (Å²) in [5, 5.41) is 0. The molecule has 0 aromatic heterocycles. The fourth-order valence-corrected chi connectivity index (χ4v) is 2.61. The third-order valence-corrected chi connectivity index (χ3v) is 4.38. The Morgan fingerprint density at radius 1 is 1.37 bits per heavy atom. The molecule has 1 heterocycles. The van der Waals surface area contributed by atoms with E-state index in [9.17, 15) is 4.79 Å². The lowest BCUT2D eigenvalue weighted by Crippen LogP contribution is -2.48. The number of likely N-dealkylation sites (N-methyl/N-ethyl adjacent to an activating group) is 1. The van der Waals surface area contributed by atoms with E-state index in [-0.39, 0.29) is 5.91 Å². The third kappa shape index (κ3) is 3.57. The summed E-state index contributed by atoms with van der Waals surface area (Å²) in [5.41, 5.74) is 0.757. The van der Waals surface area contributed by atoms with Crippen LogP contribution in [0.25, 0.3) is 0 Å². The summed E-state index contributed by atoms with van der Waals surface area (Å²) in [7, 11) is 1.92. The van der Waals surface area contributed by atoms with Crippen LogP contribution in [0.1, 0.15) is 30.1 Å². The van der Waals surface area contributed by atoms with Crippen LogP contribution < -0.4 is 0 Å². The summed E-state index contributed by atoms with van der Waals surface area (Å²) in [6, 6.07) is 7.88. The zero-order valence-corrected chi connectivity index (χ0v) is 13.2. The summed E-state index contributed by atoms with van der Waals surface area (Å²) >= 11 is 3.39. The molecular formula is C15H21BrN2O. The summed E-state index contributed by atoms with van der Waals surface area (Å²) in [6.07, 6.45) is 2.29. The van der Waals surface area contributed by atoms with Gasteiger partial charge < -0.3 is 9.80 Å². The highest BCUT2D eigenvalue weighted by atomic mass is 79.9. The van der Waals surface area contributed by atoms with E-state index in [0.29, 0.717) is 6.04 Å². The Morgan fingerprint density at radius 3 is 2.47 bits per heavy atom. The van der Waals surface area contributed by atoms with E-state index in [0.717, 1.165) is 23.0 Å². The van der Waals surface area contributed by atoms with Crippen molar-refractivity contribution in [2.75, 3.05) is 26.7 Å². The molecule has 2 rings (SSSR count). The first kappa shape index (κ1) is 14.5. The Bertz CT molecular complexity index is 428. The van der Waals surface area contributed by atoms with Gasteiger partial charge in [0.05, 0.1) is 0 Å². The van der Waals surface area contributed by atoms with Crippen LogP contribution in [0.2, 0.25) is 0 Å². The molecule has 0 spiro atoms. The second kappa shape index (κ2) is 6.53. The summed E-state index contributed by atoms with van der Waals surface area (Å²) in [5.74, 6) is 0.111. The zero-order chi connectivity index (χ0) is 13.8. The average Bonchev–Trinajstić information content (AvgIpc) is 2.37. The van der Waals surface area contributed by atoms with E-state index < -0.39 is 0 Å². The predicted molar refractivity (Wildman–Crippen MR) is 81.4 cm³/mol. The average molecular weight is 325 g/mol. The molecule has 4 heteroatoms. The van der Waals surface area contributed by atoms with Crippen molar-refractivity contribution in [2.45, 2.75) is 25.8 Å². The summed E-state index contributed by atoms with van der Waals surface area (Å²) in [4.78, 5) is 16.7. The van der Waals surface area contributed by atoms with Gasteiger partial charge in [-0.2, -0.15) is 0 Å². The Kier molecular flexibility index (Phi) is 4.99. The van der Waals surface area contributed by atoms with E-state index in [1.54, 1.807) is 0 Å². The van der Waals surface area contributed by atoms with Crippen molar-refractivity contribution < 1.29 is 4.79 Å². The van der Waals surface area contributed by atoms with E-state index in [1.807, 2.05) is 36.2 Å². The quantitative estimate of drug-likeness (QED) is 0.831. The van der Waals surface area contributed by atoms with Crippen molar-refractivity contribution in [3.8, 4) is 0 Å². The number of benzene rings is 1. The van der Waals surface area contributed by atoms with Crippen LogP contribution in [-0.4, -0.2) is 48.4 Å². The number of carbonyl (C=O) groups excluding carboxylic acids is 1. The van der Waals surface area contributed by atoms with Crippen molar-refractivity contribution in [2.24, 2.45) is 0 Å². The van der Waals surface area contributed by atoms with E-state index >= 15 is 0 Å². The third-order valence-electron chi connectivity index (χ3n) is 3.85. The van der Waals surface area contributed by atoms with Gasteiger partial charge in [-0.25, -0.2) is 0 Å². The van der Waals surface area contributed by atoms with Crippen molar-refractivity contribution in [1.82, 2.24) is 9.80 Å². The SMILES string of the molecule is CC[C@@H](CN1CCC1)N(C)C(=O)c1ccc(Br)cc1. The molecule has 1 aliphatic heterocycles. The van der Waals surface area contributed by atoms with Gasteiger partial charge in [0, 0.05) is 29.7 Å². The Balaban J connectivity index is 2.01. The van der Waals surface area contributed by atoms with Gasteiger partial charge in [0.1, 0.15) is 0 Å². The molecule has 1 amide bonds. The predicted octanol–water partition coefficient (Wildman–Crippen LogP) is 3.01. The van der Waals surface area contributed by atoms with E-state index in [1.165, 1.54) is 19.5 Å². The fourth-order valence-electron chi connectivity index (χ4n) is 2.35. The lowest BCUT2D eigenvalue weighted by atomic mass is 10.1. The van der Waals surface area contributed by atoms with Crippen LogP contribution in [0.5, 0.6) is 0 Å². The first-order valence-electron chi connectivity index (χ1n) is 6.87. The maximum Gasteiger partial charge on any atom is 0.253 e. The maximum absolute atomic E-state index is 12.4. The van der Waals surface area contributed by atoms with Crippen LogP contribution in [-0.2, 0) is 0 Å². The van der Waals surface area contributed by atoms with Gasteiger partial charge in [-0.3, -0.25) is 4.79 Å². The monoisotopic (exact) mass is 324 g/mol. The summed E-state index contributed by atoms with van der Waals surface area (Å²) < 4.78 is 0.999. The standard InChI is InChI=1S/C15H21BrN2O/c1-3-14(11-18-9-4-10-18)17(2)15(19)12-5-7-13(16)8-6-12/h5-8,14H,3-4,9-11H2,1-2H3/t14-/m0/s1. The molecule has 1 aromatic rings. The highest BCUT2D eigenvalue weighted by Crippen LogP contribution is 2.16. The Labute approximate surface area is 123 Å². The molecular weight excluding hydrogens is 304 g/mol. The van der Waals surface area contributed by atoms with Crippen molar-refractivity contribution in [1.29, 1.82) is 0 Å². The molecule has 1 saturated heterocycles. The smallest absolute Gasteiger partial charge is 0.253 e. The van der Waals surface area contributed by atoms with Crippen LogP contribution >= 0.6 is 15.9 Å². The maximum atomic E-state index is 12.4. The number of hydrogen-bond donors (Lipinski definition) is 0. The minimum absolute atomic E-state index is 0.111. The van der Waals surface area contributed by atoms with E-state index in [2.05, 4.69) is 27.8 Å². The molecule has 0 bridgehead atoms. The number of carbonyl (C=O) groups is 1. The number of halogens is 1. The second-order valence-electron chi connectivity index (χ2n) is 5.14. The minimum Gasteiger partial charge on any atom is -0.337 e. The highest BCUT2D eigenvalue weighted by molar-refractivity contribution is 9.10. The summed E-state index contributed by atoms with van der Waals surface area (Å²) in [6.45, 7) is 5.50. The number of hydrogen-bond acceptors (Lipinski definition) is 2. The normalized spacial score (nSPS) is 16.8. The van der Waals surface area contributed by atoms with Crippen LogP contribution in [0.15, 0.2) is 28.7 Å². The molecule has 1 aromatic carbocycles. The van der Waals surface area contributed by atoms with Gasteiger partial charge in [0.2, 0.25) is 0 Å². The highest BCUT2D eigenvalue weighted by Gasteiger charge is 2.24. The number of amides is 1. The first-order valence-corrected chi connectivity index (χ1v) is 7.66. The van der Waals surface area contributed by atoms with E-state index in [4.69, 9.17) is 0 Å². The van der Waals surface area contributed by atoms with Crippen LogP contribution in [0, 0.1) is 0 Å². The van der Waals surface area contributed by atoms with Gasteiger partial charge in [-0.1, -0.05) is 22.9 Å². The molecule has 0 N–H and O–H groups in total. The minimum atomic E-state index is 0.111. The molecule has 1 atom stereocenters. The Morgan fingerprint density at radius 2 is 2.00 bits per heavy atom. The van der Waals surface area contributed by atoms with Crippen molar-refractivity contribution >= 4 is 21.8 Å². The fraction of sp³-hybridized carbons (Fsp3) is 0.533. The number of likely N-dealkylation sites (tertiary alicyclic amines) is 1. The second-order valence-corrected chi connectivity index (χ2v) is 6.05. The zero-order valence-electron chi connectivity index (χ0n) is 11.6. The molecule has 1 fully saturated rings. The molecule has 104 valence electrons. The largest absolute Gasteiger partial charge is 0.337 e. The van der Waals surface area contributed by atoms with Gasteiger partial charge in [-0.05, 0) is 50.2 Å². The lowest BCUT2D eigenvalue weighted by molar-refractivity contribution is 0.0635. The lowest BCUT2D eigenvalue weighted by Gasteiger charge is -2.37. The van der Waals surface area contributed by atoms with Crippen LogP contribution in [0.3, 0.4) is 0 Å². The molecule has 1 aliphatic rings. The number of rotatable bonds is 5. The molecule has 0 saturated carbocycles. The molecule has 0 unspecified atom stereocenters. The molecule has 3 nitrogen and oxygen atoms in total. The van der Waals surface area contributed by atoms with Gasteiger partial charge >= 0.3 is 0 Å². The first-order chi connectivity index (χ1) is 9.11. The van der Waals surface area contributed by atoms with Gasteiger partial charge in [0.25, 0.3) is 5.91 Å². The molecule has 19 heavy (non-hydrogen) atoms. The molecule has 0 aliphatic carbocycles. The number of nitrogens with zero attached hydrogens (tertiary/aromatic N) is 2. The topological polar surface area (TPSA) is 23.6 Å².